The maximum Gasteiger partial charge on any atom is 0.417 e. The molecule has 0 aliphatic rings. The van der Waals surface area contributed by atoms with Gasteiger partial charge >= 0.3 is 12.1 Å². The van der Waals surface area contributed by atoms with Crippen molar-refractivity contribution >= 4 is 23.2 Å². The fourth-order valence-corrected chi connectivity index (χ4v) is 2.98. The van der Waals surface area contributed by atoms with Crippen molar-refractivity contribution in [3.8, 4) is 0 Å². The molecule has 9 heteroatoms. The van der Waals surface area contributed by atoms with E-state index < -0.39 is 23.5 Å². The van der Waals surface area contributed by atoms with Crippen LogP contribution in [0.3, 0.4) is 0 Å². The molecule has 0 amide bonds. The minimum Gasteiger partial charge on any atom is -0.456 e. The van der Waals surface area contributed by atoms with Gasteiger partial charge in [0.1, 0.15) is 12.4 Å². The molecule has 0 unspecified atom stereocenters. The number of fused-ring (bicyclic) bond motifs is 1. The zero-order valence-corrected chi connectivity index (χ0v) is 15.6. The third-order valence-corrected chi connectivity index (χ3v) is 4.38. The van der Waals surface area contributed by atoms with Gasteiger partial charge in [-0.25, -0.2) is 14.2 Å². The van der Waals surface area contributed by atoms with Gasteiger partial charge in [0.2, 0.25) is 0 Å². The van der Waals surface area contributed by atoms with E-state index in [0.29, 0.717) is 5.69 Å². The Hall–Kier alpha value is -2.61. The molecule has 148 valence electrons. The summed E-state index contributed by atoms with van der Waals surface area (Å²) in [5.74, 6) is -1.39. The first-order valence-electron chi connectivity index (χ1n) is 8.28. The van der Waals surface area contributed by atoms with Crippen molar-refractivity contribution in [2.45, 2.75) is 32.5 Å². The van der Waals surface area contributed by atoms with Crippen molar-refractivity contribution in [3.05, 3.63) is 69.9 Å². The summed E-state index contributed by atoms with van der Waals surface area (Å²) >= 11 is 6.01. The number of benzene rings is 1. The zero-order valence-electron chi connectivity index (χ0n) is 14.8. The fourth-order valence-electron chi connectivity index (χ4n) is 2.73. The summed E-state index contributed by atoms with van der Waals surface area (Å²) in [6.45, 7) is 3.31. The Morgan fingerprint density at radius 2 is 1.89 bits per heavy atom. The van der Waals surface area contributed by atoms with E-state index in [0.717, 1.165) is 24.4 Å². The topological polar surface area (TPSA) is 43.6 Å². The number of alkyl halides is 3. The molecular formula is C19H15ClF4N2O2. The number of rotatable bonds is 4. The molecule has 0 atom stereocenters. The lowest BCUT2D eigenvalue weighted by Crippen LogP contribution is -2.10. The van der Waals surface area contributed by atoms with Crippen LogP contribution in [0.5, 0.6) is 0 Å². The summed E-state index contributed by atoms with van der Waals surface area (Å²) in [7, 11) is 0. The quantitative estimate of drug-likeness (QED) is 0.410. The van der Waals surface area contributed by atoms with E-state index >= 15 is 0 Å². The zero-order chi connectivity index (χ0) is 20.6. The van der Waals surface area contributed by atoms with Crippen molar-refractivity contribution < 1.29 is 27.1 Å². The number of imidazole rings is 1. The number of pyridine rings is 1. The predicted octanol–water partition coefficient (Wildman–Crippen LogP) is 5.63. The van der Waals surface area contributed by atoms with Crippen molar-refractivity contribution in [2.24, 2.45) is 0 Å². The number of hydrogen-bond acceptors (Lipinski definition) is 3. The number of aromatic nitrogens is 2. The van der Waals surface area contributed by atoms with Gasteiger partial charge < -0.3 is 4.74 Å². The molecule has 0 fully saturated rings. The van der Waals surface area contributed by atoms with E-state index in [1.165, 1.54) is 16.5 Å². The Labute approximate surface area is 162 Å². The Bertz CT molecular complexity index is 1030. The molecule has 0 bridgehead atoms. The number of carbonyl (C=O) groups is 1. The van der Waals surface area contributed by atoms with Crippen LogP contribution in [-0.4, -0.2) is 15.4 Å². The van der Waals surface area contributed by atoms with Crippen LogP contribution in [0.2, 0.25) is 5.02 Å². The fraction of sp³-hybridized carbons (Fsp3) is 0.263. The second-order valence-corrected chi connectivity index (χ2v) is 6.86. The third kappa shape index (κ3) is 3.96. The number of halogens is 5. The van der Waals surface area contributed by atoms with Gasteiger partial charge in [0.25, 0.3) is 0 Å². The summed E-state index contributed by atoms with van der Waals surface area (Å²) in [6, 6.07) is 5.55. The minimum absolute atomic E-state index is 0.121. The minimum atomic E-state index is -4.60. The average Bonchev–Trinajstić information content (AvgIpc) is 2.99. The molecule has 3 aromatic rings. The number of esters is 1. The number of carbonyl (C=O) groups excluding carboxylic acids is 1. The van der Waals surface area contributed by atoms with E-state index in [1.807, 2.05) is 13.8 Å². The Kier molecular flexibility index (Phi) is 5.34. The van der Waals surface area contributed by atoms with Gasteiger partial charge in [-0.15, -0.1) is 0 Å². The molecule has 0 saturated carbocycles. The van der Waals surface area contributed by atoms with Crippen molar-refractivity contribution in [1.29, 1.82) is 0 Å². The lowest BCUT2D eigenvalue weighted by Gasteiger charge is -2.11. The van der Waals surface area contributed by atoms with Crippen LogP contribution in [0.1, 0.15) is 47.1 Å². The van der Waals surface area contributed by atoms with Gasteiger partial charge in [0.15, 0.2) is 5.65 Å². The highest BCUT2D eigenvalue weighted by atomic mass is 35.5. The highest BCUT2D eigenvalue weighted by molar-refractivity contribution is 6.33. The summed E-state index contributed by atoms with van der Waals surface area (Å²) in [5.41, 5.74) is 0.0759. The second kappa shape index (κ2) is 7.43. The predicted molar refractivity (Wildman–Crippen MR) is 94.8 cm³/mol. The Morgan fingerprint density at radius 3 is 2.46 bits per heavy atom. The summed E-state index contributed by atoms with van der Waals surface area (Å²) in [5, 5.41) is -0.159. The first-order chi connectivity index (χ1) is 13.1. The second-order valence-electron chi connectivity index (χ2n) is 6.45. The molecule has 0 spiro atoms. The SMILES string of the molecule is CC(C)c1nc2c(Cl)cc(C(F)(F)F)cn2c1COC(=O)c1ccc(F)cc1. The summed E-state index contributed by atoms with van der Waals surface area (Å²) in [4.78, 5) is 16.5. The normalized spacial score (nSPS) is 12.0. The van der Waals surface area contributed by atoms with E-state index in [1.54, 1.807) is 0 Å². The first kappa shape index (κ1) is 20.1. The Balaban J connectivity index is 2.00. The molecule has 3 rings (SSSR count). The maximum atomic E-state index is 13.2. The smallest absolute Gasteiger partial charge is 0.417 e. The van der Waals surface area contributed by atoms with Crippen molar-refractivity contribution in [2.75, 3.05) is 0 Å². The van der Waals surface area contributed by atoms with Gasteiger partial charge in [-0.2, -0.15) is 13.2 Å². The van der Waals surface area contributed by atoms with E-state index in [-0.39, 0.29) is 34.5 Å². The van der Waals surface area contributed by atoms with Crippen LogP contribution in [0.15, 0.2) is 36.5 Å². The van der Waals surface area contributed by atoms with Gasteiger partial charge in [-0.3, -0.25) is 4.40 Å². The lowest BCUT2D eigenvalue weighted by molar-refractivity contribution is -0.137. The van der Waals surface area contributed by atoms with E-state index in [4.69, 9.17) is 16.3 Å². The molecule has 4 nitrogen and oxygen atoms in total. The highest BCUT2D eigenvalue weighted by Crippen LogP contribution is 2.34. The summed E-state index contributed by atoms with van der Waals surface area (Å²) < 4.78 is 58.9. The molecule has 1 aromatic carbocycles. The molecule has 0 aliphatic heterocycles. The van der Waals surface area contributed by atoms with Gasteiger partial charge in [-0.05, 0) is 36.2 Å². The largest absolute Gasteiger partial charge is 0.456 e. The molecule has 0 radical (unpaired) electrons. The average molecular weight is 415 g/mol. The standard InChI is InChI=1S/C19H15ClF4N2O2/c1-10(2)16-15(9-28-18(27)11-3-5-13(21)6-4-11)26-8-12(19(22,23)24)7-14(20)17(26)25-16/h3-8,10H,9H2,1-2H3. The monoisotopic (exact) mass is 414 g/mol. The molecule has 28 heavy (non-hydrogen) atoms. The van der Waals surface area contributed by atoms with Crippen LogP contribution in [0.4, 0.5) is 17.6 Å². The van der Waals surface area contributed by atoms with Crippen molar-refractivity contribution in [3.63, 3.8) is 0 Å². The third-order valence-electron chi connectivity index (χ3n) is 4.10. The van der Waals surface area contributed by atoms with Crippen LogP contribution < -0.4 is 0 Å². The van der Waals surface area contributed by atoms with E-state index in [2.05, 4.69) is 4.98 Å². The van der Waals surface area contributed by atoms with Crippen LogP contribution in [-0.2, 0) is 17.5 Å². The van der Waals surface area contributed by atoms with Crippen molar-refractivity contribution in [1.82, 2.24) is 9.38 Å². The number of nitrogens with zero attached hydrogens (tertiary/aromatic N) is 2. The highest BCUT2D eigenvalue weighted by Gasteiger charge is 2.32. The molecule has 2 aromatic heterocycles. The summed E-state index contributed by atoms with van der Waals surface area (Å²) in [6.07, 6.45) is -3.72. The Morgan fingerprint density at radius 1 is 1.25 bits per heavy atom. The van der Waals surface area contributed by atoms with Gasteiger partial charge in [-0.1, -0.05) is 25.4 Å². The van der Waals surface area contributed by atoms with Crippen LogP contribution in [0.25, 0.3) is 5.65 Å². The van der Waals surface area contributed by atoms with E-state index in [9.17, 15) is 22.4 Å². The molecule has 0 N–H and O–H groups in total. The molecule has 0 aliphatic carbocycles. The van der Waals surface area contributed by atoms with Crippen LogP contribution >= 0.6 is 11.6 Å². The molecule has 2 heterocycles. The van der Waals surface area contributed by atoms with Crippen LogP contribution in [0, 0.1) is 5.82 Å². The van der Waals surface area contributed by atoms with Gasteiger partial charge in [0, 0.05) is 6.20 Å². The van der Waals surface area contributed by atoms with Gasteiger partial charge in [0.05, 0.1) is 27.5 Å². The molecule has 0 saturated heterocycles. The first-order valence-corrected chi connectivity index (χ1v) is 8.66. The lowest BCUT2D eigenvalue weighted by atomic mass is 10.1. The number of ether oxygens (including phenoxy) is 1. The number of hydrogen-bond donors (Lipinski definition) is 0. The molecular weight excluding hydrogens is 400 g/mol. The maximum absolute atomic E-state index is 13.2.